The van der Waals surface area contributed by atoms with Gasteiger partial charge >= 0.3 is 0 Å². The van der Waals surface area contributed by atoms with Gasteiger partial charge in [-0.2, -0.15) is 4.98 Å². The van der Waals surface area contributed by atoms with Crippen LogP contribution >= 0.6 is 0 Å². The first-order valence-corrected chi connectivity index (χ1v) is 10.2. The maximum Gasteiger partial charge on any atom is 0.230 e. The average molecular weight is 350 g/mol. The summed E-state index contributed by atoms with van der Waals surface area (Å²) in [5, 5.41) is 3.33. The maximum absolute atomic E-state index is 5.37. The molecular formula is C19H35N5O. The zero-order valence-electron chi connectivity index (χ0n) is 15.9. The van der Waals surface area contributed by atoms with E-state index in [4.69, 9.17) is 4.74 Å². The quantitative estimate of drug-likeness (QED) is 0.542. The Morgan fingerprint density at radius 3 is 2.24 bits per heavy atom. The van der Waals surface area contributed by atoms with Crippen LogP contribution in [0, 0.1) is 0 Å². The second-order valence-electron chi connectivity index (χ2n) is 6.82. The largest absolute Gasteiger partial charge is 0.378 e. The van der Waals surface area contributed by atoms with Crippen LogP contribution in [-0.2, 0) is 4.74 Å². The van der Waals surface area contributed by atoms with Crippen LogP contribution < -0.4 is 10.2 Å². The Morgan fingerprint density at radius 1 is 0.920 bits per heavy atom. The van der Waals surface area contributed by atoms with E-state index in [9.17, 15) is 0 Å². The molecule has 0 radical (unpaired) electrons. The molecule has 0 unspecified atom stereocenters. The van der Waals surface area contributed by atoms with Crippen molar-refractivity contribution in [3.05, 3.63) is 6.33 Å². The zero-order valence-corrected chi connectivity index (χ0v) is 15.9. The van der Waals surface area contributed by atoms with Gasteiger partial charge in [-0.15, -0.1) is 0 Å². The number of unbranched alkanes of at least 4 members (excludes halogenated alkanes) is 9. The standard InChI is InChI=1S/C19H35N5O/c1-2-3-4-5-6-7-8-9-10-11-12-20-18-21-17-22-19(23-18)24-13-15-25-16-14-24/h17H,2-16H2,1H3,(H,20,21,22,23). The van der Waals surface area contributed by atoms with Gasteiger partial charge in [-0.25, -0.2) is 9.97 Å². The number of hydrogen-bond donors (Lipinski definition) is 1. The van der Waals surface area contributed by atoms with Gasteiger partial charge in [0.2, 0.25) is 11.9 Å². The van der Waals surface area contributed by atoms with Crippen molar-refractivity contribution < 1.29 is 4.74 Å². The van der Waals surface area contributed by atoms with Gasteiger partial charge < -0.3 is 15.0 Å². The molecule has 25 heavy (non-hydrogen) atoms. The third-order valence-corrected chi connectivity index (χ3v) is 4.67. The van der Waals surface area contributed by atoms with Crippen LogP contribution in [0.1, 0.15) is 71.1 Å². The highest BCUT2D eigenvalue weighted by Crippen LogP contribution is 2.12. The number of nitrogens with one attached hydrogen (secondary N) is 1. The summed E-state index contributed by atoms with van der Waals surface area (Å²) in [6.07, 6.45) is 15.1. The lowest BCUT2D eigenvalue weighted by atomic mass is 10.1. The molecule has 0 spiro atoms. The third-order valence-electron chi connectivity index (χ3n) is 4.67. The molecule has 0 atom stereocenters. The number of rotatable bonds is 13. The molecule has 2 heterocycles. The first-order chi connectivity index (χ1) is 12.4. The van der Waals surface area contributed by atoms with E-state index in [-0.39, 0.29) is 0 Å². The maximum atomic E-state index is 5.37. The Kier molecular flexibility index (Phi) is 10.2. The second-order valence-corrected chi connectivity index (χ2v) is 6.82. The summed E-state index contributed by atoms with van der Waals surface area (Å²) in [5.74, 6) is 1.44. The van der Waals surface area contributed by atoms with E-state index in [1.807, 2.05) is 0 Å². The summed E-state index contributed by atoms with van der Waals surface area (Å²) in [6.45, 7) is 6.39. The van der Waals surface area contributed by atoms with Crippen LogP contribution in [0.4, 0.5) is 11.9 Å². The lowest BCUT2D eigenvalue weighted by Gasteiger charge is -2.26. The molecule has 1 aliphatic heterocycles. The van der Waals surface area contributed by atoms with Gasteiger partial charge in [0.05, 0.1) is 13.2 Å². The third kappa shape index (κ3) is 8.47. The number of anilines is 2. The van der Waals surface area contributed by atoms with E-state index < -0.39 is 0 Å². The molecule has 6 nitrogen and oxygen atoms in total. The summed E-state index contributed by atoms with van der Waals surface area (Å²) in [6, 6.07) is 0. The summed E-state index contributed by atoms with van der Waals surface area (Å²) >= 11 is 0. The normalized spacial score (nSPS) is 14.7. The molecule has 1 aromatic rings. The van der Waals surface area contributed by atoms with E-state index in [2.05, 4.69) is 32.1 Å². The first-order valence-electron chi connectivity index (χ1n) is 10.2. The molecule has 1 N–H and O–H groups in total. The van der Waals surface area contributed by atoms with Gasteiger partial charge in [-0.1, -0.05) is 64.7 Å². The van der Waals surface area contributed by atoms with E-state index in [0.717, 1.165) is 38.8 Å². The fourth-order valence-electron chi connectivity index (χ4n) is 3.10. The van der Waals surface area contributed by atoms with Gasteiger partial charge in [0.25, 0.3) is 0 Å². The molecule has 142 valence electrons. The highest BCUT2D eigenvalue weighted by atomic mass is 16.5. The van der Waals surface area contributed by atoms with Crippen molar-refractivity contribution >= 4 is 11.9 Å². The van der Waals surface area contributed by atoms with Crippen LogP contribution in [0.5, 0.6) is 0 Å². The Bertz CT molecular complexity index is 451. The SMILES string of the molecule is CCCCCCCCCCCCNc1ncnc(N2CCOCC2)n1. The Balaban J connectivity index is 1.50. The van der Waals surface area contributed by atoms with Crippen molar-refractivity contribution in [2.75, 3.05) is 43.1 Å². The predicted octanol–water partition coefficient (Wildman–Crippen LogP) is 4.04. The highest BCUT2D eigenvalue weighted by molar-refractivity contribution is 5.35. The fourth-order valence-corrected chi connectivity index (χ4v) is 3.10. The van der Waals surface area contributed by atoms with Gasteiger partial charge in [0, 0.05) is 19.6 Å². The van der Waals surface area contributed by atoms with Crippen LogP contribution in [-0.4, -0.2) is 47.8 Å². The van der Waals surface area contributed by atoms with E-state index in [1.165, 1.54) is 64.2 Å². The van der Waals surface area contributed by atoms with Crippen LogP contribution in [0.25, 0.3) is 0 Å². The van der Waals surface area contributed by atoms with E-state index >= 15 is 0 Å². The number of nitrogens with zero attached hydrogens (tertiary/aromatic N) is 4. The molecule has 1 aromatic heterocycles. The fraction of sp³-hybridized carbons (Fsp3) is 0.842. The summed E-state index contributed by atoms with van der Waals surface area (Å²) in [7, 11) is 0. The number of morpholine rings is 1. The first kappa shape index (κ1) is 19.9. The highest BCUT2D eigenvalue weighted by Gasteiger charge is 2.14. The van der Waals surface area contributed by atoms with Gasteiger partial charge in [-0.3, -0.25) is 0 Å². The molecule has 1 aliphatic rings. The van der Waals surface area contributed by atoms with Gasteiger partial charge in [0.15, 0.2) is 0 Å². The minimum atomic E-state index is 0.687. The molecule has 0 saturated carbocycles. The zero-order chi connectivity index (χ0) is 17.6. The molecular weight excluding hydrogens is 314 g/mol. The van der Waals surface area contributed by atoms with E-state index in [1.54, 1.807) is 6.33 Å². The van der Waals surface area contributed by atoms with E-state index in [0.29, 0.717) is 5.95 Å². The number of ether oxygens (including phenoxy) is 1. The summed E-state index contributed by atoms with van der Waals surface area (Å²) in [4.78, 5) is 15.2. The van der Waals surface area contributed by atoms with Crippen molar-refractivity contribution in [3.63, 3.8) is 0 Å². The second kappa shape index (κ2) is 12.9. The lowest BCUT2D eigenvalue weighted by molar-refractivity contribution is 0.122. The molecule has 6 heteroatoms. The summed E-state index contributed by atoms with van der Waals surface area (Å²) in [5.41, 5.74) is 0. The van der Waals surface area contributed by atoms with Gasteiger partial charge in [-0.05, 0) is 6.42 Å². The molecule has 0 amide bonds. The Morgan fingerprint density at radius 2 is 1.56 bits per heavy atom. The Hall–Kier alpha value is -1.43. The molecule has 0 aromatic carbocycles. The topological polar surface area (TPSA) is 63.2 Å². The van der Waals surface area contributed by atoms with Crippen molar-refractivity contribution in [2.24, 2.45) is 0 Å². The molecule has 0 bridgehead atoms. The van der Waals surface area contributed by atoms with Crippen LogP contribution in [0.2, 0.25) is 0 Å². The number of hydrogen-bond acceptors (Lipinski definition) is 6. The van der Waals surface area contributed by atoms with Gasteiger partial charge in [0.1, 0.15) is 6.33 Å². The van der Waals surface area contributed by atoms with Crippen molar-refractivity contribution in [2.45, 2.75) is 71.1 Å². The van der Waals surface area contributed by atoms with Crippen molar-refractivity contribution in [1.29, 1.82) is 0 Å². The summed E-state index contributed by atoms with van der Waals surface area (Å²) < 4.78 is 5.37. The minimum absolute atomic E-state index is 0.687. The minimum Gasteiger partial charge on any atom is -0.378 e. The van der Waals surface area contributed by atoms with Crippen LogP contribution in [0.3, 0.4) is 0 Å². The lowest BCUT2D eigenvalue weighted by Crippen LogP contribution is -2.37. The molecule has 1 fully saturated rings. The Labute approximate surface area is 152 Å². The van der Waals surface area contributed by atoms with Crippen molar-refractivity contribution in [1.82, 2.24) is 15.0 Å². The molecule has 2 rings (SSSR count). The monoisotopic (exact) mass is 349 g/mol. The van der Waals surface area contributed by atoms with Crippen molar-refractivity contribution in [3.8, 4) is 0 Å². The smallest absolute Gasteiger partial charge is 0.230 e. The molecule has 1 saturated heterocycles. The number of aromatic nitrogens is 3. The molecule has 0 aliphatic carbocycles. The average Bonchev–Trinajstić information content (AvgIpc) is 2.67. The van der Waals surface area contributed by atoms with Crippen LogP contribution in [0.15, 0.2) is 6.33 Å². The predicted molar refractivity (Wildman–Crippen MR) is 103 cm³/mol.